The molecule has 25 heavy (non-hydrogen) atoms. The smallest absolute Gasteiger partial charge is 0.261 e. The van der Waals surface area contributed by atoms with Crippen LogP contribution in [0.4, 0.5) is 5.69 Å². The van der Waals surface area contributed by atoms with E-state index >= 15 is 0 Å². The summed E-state index contributed by atoms with van der Waals surface area (Å²) < 4.78 is 0. The van der Waals surface area contributed by atoms with Crippen LogP contribution in [-0.2, 0) is 4.79 Å². The van der Waals surface area contributed by atoms with E-state index in [-0.39, 0.29) is 24.3 Å². The van der Waals surface area contributed by atoms with E-state index in [0.717, 1.165) is 0 Å². The lowest BCUT2D eigenvalue weighted by Crippen LogP contribution is -2.32. The van der Waals surface area contributed by atoms with Gasteiger partial charge in [0.25, 0.3) is 11.8 Å². The third-order valence-electron chi connectivity index (χ3n) is 3.60. The molecule has 1 heterocycles. The number of carbonyl (C=O) groups is 3. The number of carbonyl (C=O) groups excluding carboxylic acids is 3. The Kier molecular flexibility index (Phi) is 6.71. The molecular formula is C18H21N3O3S. The van der Waals surface area contributed by atoms with E-state index in [9.17, 15) is 14.4 Å². The van der Waals surface area contributed by atoms with Gasteiger partial charge in [0.1, 0.15) is 0 Å². The first-order valence-electron chi connectivity index (χ1n) is 8.06. The Labute approximate surface area is 150 Å². The largest absolute Gasteiger partial charge is 0.342 e. The second-order valence-corrected chi connectivity index (χ2v) is 6.21. The van der Waals surface area contributed by atoms with Crippen LogP contribution in [0.2, 0.25) is 0 Å². The third-order valence-corrected chi connectivity index (χ3v) is 4.47. The Balaban J connectivity index is 1.93. The maximum atomic E-state index is 12.3. The van der Waals surface area contributed by atoms with Crippen LogP contribution in [0.5, 0.6) is 0 Å². The van der Waals surface area contributed by atoms with Crippen LogP contribution in [0.15, 0.2) is 41.8 Å². The molecule has 7 heteroatoms. The van der Waals surface area contributed by atoms with Gasteiger partial charge in [-0.05, 0) is 43.5 Å². The van der Waals surface area contributed by atoms with Crippen LogP contribution in [0, 0.1) is 0 Å². The normalized spacial score (nSPS) is 10.2. The molecule has 2 aromatic rings. The zero-order valence-electron chi connectivity index (χ0n) is 14.2. The number of nitrogens with zero attached hydrogens (tertiary/aromatic N) is 1. The molecule has 0 aliphatic heterocycles. The molecule has 0 saturated heterocycles. The van der Waals surface area contributed by atoms with E-state index in [1.807, 2.05) is 13.8 Å². The summed E-state index contributed by atoms with van der Waals surface area (Å²) in [5, 5.41) is 7.05. The second kappa shape index (κ2) is 8.98. The van der Waals surface area contributed by atoms with Gasteiger partial charge in [0.05, 0.1) is 11.4 Å². The summed E-state index contributed by atoms with van der Waals surface area (Å²) in [6, 6.07) is 10.3. The van der Waals surface area contributed by atoms with Crippen molar-refractivity contribution in [3.05, 3.63) is 52.2 Å². The second-order valence-electron chi connectivity index (χ2n) is 5.27. The molecule has 1 aromatic carbocycles. The molecule has 0 fully saturated rings. The lowest BCUT2D eigenvalue weighted by Gasteiger charge is -2.19. The maximum Gasteiger partial charge on any atom is 0.261 e. The molecule has 0 atom stereocenters. The highest BCUT2D eigenvalue weighted by Crippen LogP contribution is 2.13. The first kappa shape index (κ1) is 18.7. The maximum absolute atomic E-state index is 12.3. The zero-order valence-corrected chi connectivity index (χ0v) is 15.1. The minimum Gasteiger partial charge on any atom is -0.342 e. The molecule has 0 aliphatic carbocycles. The SMILES string of the molecule is CCN(CC)C(=O)c1cccc(NC(=O)CNC(=O)c2cccs2)c1. The van der Waals surface area contributed by atoms with E-state index in [4.69, 9.17) is 0 Å². The van der Waals surface area contributed by atoms with Gasteiger partial charge >= 0.3 is 0 Å². The molecule has 0 aliphatic rings. The van der Waals surface area contributed by atoms with Gasteiger partial charge in [0.2, 0.25) is 5.91 Å². The highest BCUT2D eigenvalue weighted by Gasteiger charge is 2.13. The quantitative estimate of drug-likeness (QED) is 0.798. The molecule has 0 bridgehead atoms. The predicted molar refractivity (Wildman–Crippen MR) is 99.0 cm³/mol. The number of rotatable bonds is 7. The van der Waals surface area contributed by atoms with E-state index in [2.05, 4.69) is 10.6 Å². The first-order valence-corrected chi connectivity index (χ1v) is 8.94. The van der Waals surface area contributed by atoms with Crippen LogP contribution in [0.1, 0.15) is 33.9 Å². The van der Waals surface area contributed by atoms with Crippen molar-refractivity contribution in [1.82, 2.24) is 10.2 Å². The van der Waals surface area contributed by atoms with Gasteiger partial charge in [0.15, 0.2) is 0 Å². The van der Waals surface area contributed by atoms with Crippen molar-refractivity contribution in [3.63, 3.8) is 0 Å². The summed E-state index contributed by atoms with van der Waals surface area (Å²) in [7, 11) is 0. The minimum atomic E-state index is -0.350. The number of anilines is 1. The van der Waals surface area contributed by atoms with Gasteiger partial charge in [-0.1, -0.05) is 12.1 Å². The fraction of sp³-hybridized carbons (Fsp3) is 0.278. The lowest BCUT2D eigenvalue weighted by molar-refractivity contribution is -0.115. The van der Waals surface area contributed by atoms with Gasteiger partial charge in [-0.15, -0.1) is 11.3 Å². The number of amides is 3. The van der Waals surface area contributed by atoms with Crippen molar-refractivity contribution in [1.29, 1.82) is 0 Å². The highest BCUT2D eigenvalue weighted by atomic mass is 32.1. The van der Waals surface area contributed by atoms with Crippen molar-refractivity contribution in [2.24, 2.45) is 0 Å². The third kappa shape index (κ3) is 5.15. The molecule has 0 saturated carbocycles. The topological polar surface area (TPSA) is 78.5 Å². The van der Waals surface area contributed by atoms with Crippen LogP contribution in [0.3, 0.4) is 0 Å². The van der Waals surface area contributed by atoms with Gasteiger partial charge in [-0.25, -0.2) is 0 Å². The summed E-state index contributed by atoms with van der Waals surface area (Å²) >= 11 is 1.31. The fourth-order valence-corrected chi connectivity index (χ4v) is 2.92. The van der Waals surface area contributed by atoms with Crippen molar-refractivity contribution >= 4 is 34.7 Å². The number of nitrogens with one attached hydrogen (secondary N) is 2. The Hall–Kier alpha value is -2.67. The fourth-order valence-electron chi connectivity index (χ4n) is 2.28. The van der Waals surface area contributed by atoms with E-state index in [1.54, 1.807) is 46.7 Å². The van der Waals surface area contributed by atoms with Gasteiger partial charge < -0.3 is 15.5 Å². The minimum absolute atomic E-state index is 0.0768. The Bertz CT molecular complexity index is 740. The van der Waals surface area contributed by atoms with Crippen molar-refractivity contribution in [2.75, 3.05) is 25.0 Å². The molecule has 132 valence electrons. The molecule has 0 radical (unpaired) electrons. The summed E-state index contributed by atoms with van der Waals surface area (Å²) in [6.45, 7) is 4.96. The van der Waals surface area contributed by atoms with Crippen LogP contribution in [0.25, 0.3) is 0 Å². The monoisotopic (exact) mass is 359 g/mol. The van der Waals surface area contributed by atoms with Crippen molar-refractivity contribution in [2.45, 2.75) is 13.8 Å². The number of hydrogen-bond acceptors (Lipinski definition) is 4. The van der Waals surface area contributed by atoms with Crippen LogP contribution < -0.4 is 10.6 Å². The molecule has 0 unspecified atom stereocenters. The van der Waals surface area contributed by atoms with Crippen molar-refractivity contribution in [3.8, 4) is 0 Å². The standard InChI is InChI=1S/C18H21N3O3S/c1-3-21(4-2)18(24)13-7-5-8-14(11-13)20-16(22)12-19-17(23)15-9-6-10-25-15/h5-11H,3-4,12H2,1-2H3,(H,19,23)(H,20,22). The Morgan fingerprint density at radius 2 is 1.84 bits per heavy atom. The van der Waals surface area contributed by atoms with Gasteiger partial charge in [-0.2, -0.15) is 0 Å². The Morgan fingerprint density at radius 1 is 1.08 bits per heavy atom. The van der Waals surface area contributed by atoms with E-state index in [0.29, 0.717) is 29.2 Å². The van der Waals surface area contributed by atoms with Crippen LogP contribution >= 0.6 is 11.3 Å². The van der Waals surface area contributed by atoms with Crippen LogP contribution in [-0.4, -0.2) is 42.3 Å². The number of hydrogen-bond donors (Lipinski definition) is 2. The average Bonchev–Trinajstić information content (AvgIpc) is 3.15. The zero-order chi connectivity index (χ0) is 18.2. The molecule has 2 rings (SSSR count). The molecule has 6 nitrogen and oxygen atoms in total. The summed E-state index contributed by atoms with van der Waals surface area (Å²) in [5.74, 6) is -0.708. The summed E-state index contributed by atoms with van der Waals surface area (Å²) in [4.78, 5) is 38.4. The summed E-state index contributed by atoms with van der Waals surface area (Å²) in [6.07, 6.45) is 0. The number of benzene rings is 1. The van der Waals surface area contributed by atoms with E-state index < -0.39 is 0 Å². The Morgan fingerprint density at radius 3 is 2.48 bits per heavy atom. The molecule has 2 N–H and O–H groups in total. The van der Waals surface area contributed by atoms with Crippen molar-refractivity contribution < 1.29 is 14.4 Å². The average molecular weight is 359 g/mol. The van der Waals surface area contributed by atoms with Gasteiger partial charge in [0, 0.05) is 24.3 Å². The molecule has 1 aromatic heterocycles. The lowest BCUT2D eigenvalue weighted by atomic mass is 10.1. The molecule has 3 amide bonds. The molecule has 0 spiro atoms. The predicted octanol–water partition coefficient (Wildman–Crippen LogP) is 2.60. The molecular weight excluding hydrogens is 338 g/mol. The highest BCUT2D eigenvalue weighted by molar-refractivity contribution is 7.12. The van der Waals surface area contributed by atoms with Gasteiger partial charge in [-0.3, -0.25) is 14.4 Å². The first-order chi connectivity index (χ1) is 12.0. The number of thiophene rings is 1. The van der Waals surface area contributed by atoms with E-state index in [1.165, 1.54) is 11.3 Å². The summed E-state index contributed by atoms with van der Waals surface area (Å²) in [5.41, 5.74) is 1.04.